The first-order valence-corrected chi connectivity index (χ1v) is 10.4. The summed E-state index contributed by atoms with van der Waals surface area (Å²) in [7, 11) is -3.40. The maximum atomic E-state index is 12.8. The zero-order valence-corrected chi connectivity index (χ0v) is 15.7. The Balaban J connectivity index is 1.73. The van der Waals surface area contributed by atoms with Crippen LogP contribution >= 0.6 is 0 Å². The van der Waals surface area contributed by atoms with Gasteiger partial charge in [0, 0.05) is 12.5 Å². The molecule has 1 aromatic rings. The van der Waals surface area contributed by atoms with Gasteiger partial charge in [-0.25, -0.2) is 13.1 Å². The average molecular weight is 380 g/mol. The first-order valence-electron chi connectivity index (χ1n) is 8.52. The number of benzene rings is 1. The Morgan fingerprint density at radius 3 is 2.77 bits per heavy atom. The van der Waals surface area contributed by atoms with Crippen LogP contribution in [0.4, 0.5) is 0 Å². The van der Waals surface area contributed by atoms with Crippen LogP contribution in [0.25, 0.3) is 0 Å². The zero-order valence-electron chi connectivity index (χ0n) is 14.9. The van der Waals surface area contributed by atoms with E-state index in [1.807, 2.05) is 6.92 Å². The van der Waals surface area contributed by atoms with Gasteiger partial charge in [-0.05, 0) is 31.1 Å². The van der Waals surface area contributed by atoms with Crippen LogP contribution in [0.5, 0.6) is 5.75 Å². The molecule has 1 heterocycles. The summed E-state index contributed by atoms with van der Waals surface area (Å²) < 4.78 is 37.1. The molecule has 1 saturated heterocycles. The van der Waals surface area contributed by atoms with Gasteiger partial charge in [0.25, 0.3) is 5.91 Å². The van der Waals surface area contributed by atoms with Gasteiger partial charge in [0.1, 0.15) is 12.4 Å². The van der Waals surface area contributed by atoms with E-state index in [0.29, 0.717) is 24.5 Å². The first kappa shape index (κ1) is 18.9. The van der Waals surface area contributed by atoms with Crippen molar-refractivity contribution in [2.24, 2.45) is 5.92 Å². The predicted molar refractivity (Wildman–Crippen MR) is 97.6 cm³/mol. The van der Waals surface area contributed by atoms with Crippen LogP contribution in [0.1, 0.15) is 23.7 Å². The molecule has 1 aliphatic heterocycles. The maximum Gasteiger partial charge on any atom is 0.255 e. The Hall–Kier alpha value is -1.90. The number of carbonyl (C=O) groups is 1. The van der Waals surface area contributed by atoms with E-state index in [4.69, 9.17) is 9.47 Å². The number of nitrogens with one attached hydrogen (secondary N) is 2. The van der Waals surface area contributed by atoms with Gasteiger partial charge < -0.3 is 14.8 Å². The van der Waals surface area contributed by atoms with E-state index in [2.05, 4.69) is 16.6 Å². The number of carbonyl (C=O) groups excluding carboxylic acids is 1. The van der Waals surface area contributed by atoms with Crippen molar-refractivity contribution in [3.05, 3.63) is 42.0 Å². The van der Waals surface area contributed by atoms with Crippen LogP contribution in [0.2, 0.25) is 0 Å². The topological polar surface area (TPSA) is 93.7 Å². The highest BCUT2D eigenvalue weighted by Gasteiger charge is 2.55. The molecule has 0 bridgehead atoms. The third-order valence-electron chi connectivity index (χ3n) is 4.64. The van der Waals surface area contributed by atoms with Crippen molar-refractivity contribution >= 4 is 15.9 Å². The molecule has 3 rings (SSSR count). The molecule has 2 aliphatic rings. The molecule has 0 spiro atoms. The Labute approximate surface area is 153 Å². The minimum absolute atomic E-state index is 0.113. The van der Waals surface area contributed by atoms with E-state index in [1.54, 1.807) is 24.3 Å². The van der Waals surface area contributed by atoms with Gasteiger partial charge in [-0.2, -0.15) is 0 Å². The summed E-state index contributed by atoms with van der Waals surface area (Å²) in [6.07, 6.45) is 1.71. The molecule has 0 aromatic heterocycles. The van der Waals surface area contributed by atoms with Crippen LogP contribution in [0, 0.1) is 5.92 Å². The molecule has 1 amide bonds. The second-order valence-electron chi connectivity index (χ2n) is 6.94. The first-order chi connectivity index (χ1) is 12.3. The third-order valence-corrected chi connectivity index (χ3v) is 5.34. The fourth-order valence-electron chi connectivity index (χ4n) is 3.50. The summed E-state index contributed by atoms with van der Waals surface area (Å²) in [4.78, 5) is 12.8. The van der Waals surface area contributed by atoms with Crippen molar-refractivity contribution in [1.29, 1.82) is 0 Å². The van der Waals surface area contributed by atoms with Crippen molar-refractivity contribution in [2.75, 3.05) is 19.5 Å². The van der Waals surface area contributed by atoms with E-state index < -0.39 is 16.1 Å². The molecular weight excluding hydrogens is 356 g/mol. The molecule has 2 N–H and O–H groups in total. The van der Waals surface area contributed by atoms with Crippen molar-refractivity contribution in [3.63, 3.8) is 0 Å². The summed E-state index contributed by atoms with van der Waals surface area (Å²) >= 11 is 0. The van der Waals surface area contributed by atoms with Gasteiger partial charge in [0.15, 0.2) is 0 Å². The highest BCUT2D eigenvalue weighted by molar-refractivity contribution is 7.88. The molecule has 0 radical (unpaired) electrons. The summed E-state index contributed by atoms with van der Waals surface area (Å²) in [6, 6.07) is 6.21. The summed E-state index contributed by atoms with van der Waals surface area (Å²) in [5, 5.41) is 2.96. The van der Waals surface area contributed by atoms with Crippen molar-refractivity contribution in [2.45, 2.75) is 31.5 Å². The average Bonchev–Trinajstić information content (AvgIpc) is 3.00. The maximum absolute atomic E-state index is 12.8. The number of sulfonamides is 1. The molecule has 1 saturated carbocycles. The van der Waals surface area contributed by atoms with Crippen LogP contribution in [0.15, 0.2) is 36.4 Å². The predicted octanol–water partition coefficient (Wildman–Crippen LogP) is 1.08. The molecule has 8 heteroatoms. The number of ether oxygens (including phenoxy) is 2. The normalized spacial score (nSPS) is 27.3. The number of amides is 1. The van der Waals surface area contributed by atoms with E-state index in [1.165, 1.54) is 0 Å². The summed E-state index contributed by atoms with van der Waals surface area (Å²) in [5.41, 5.74) is 1.26. The fraction of sp³-hybridized carbons (Fsp3) is 0.500. The van der Waals surface area contributed by atoms with Crippen LogP contribution in [0.3, 0.4) is 0 Å². The highest BCUT2D eigenvalue weighted by Crippen LogP contribution is 2.39. The van der Waals surface area contributed by atoms with Crippen molar-refractivity contribution in [1.82, 2.24) is 10.0 Å². The molecule has 7 nitrogen and oxygen atoms in total. The third kappa shape index (κ3) is 4.08. The van der Waals surface area contributed by atoms with Crippen molar-refractivity contribution < 1.29 is 22.7 Å². The summed E-state index contributed by atoms with van der Waals surface area (Å²) in [5.74, 6) is 0.291. The minimum Gasteiger partial charge on any atom is -0.488 e. The zero-order chi connectivity index (χ0) is 18.9. The molecule has 2 fully saturated rings. The van der Waals surface area contributed by atoms with E-state index in [-0.39, 0.29) is 24.0 Å². The molecule has 0 unspecified atom stereocenters. The smallest absolute Gasteiger partial charge is 0.255 e. The molecule has 4 atom stereocenters. The van der Waals surface area contributed by atoms with Crippen molar-refractivity contribution in [3.8, 4) is 5.75 Å². The second-order valence-corrected chi connectivity index (χ2v) is 8.72. The minimum atomic E-state index is -3.40. The van der Waals surface area contributed by atoms with Gasteiger partial charge in [-0.15, -0.1) is 0 Å². The van der Waals surface area contributed by atoms with Crippen LogP contribution < -0.4 is 14.8 Å². The highest BCUT2D eigenvalue weighted by atomic mass is 32.2. The van der Waals surface area contributed by atoms with Gasteiger partial charge in [-0.1, -0.05) is 18.7 Å². The quantitative estimate of drug-likeness (QED) is 0.691. The number of rotatable bonds is 7. The lowest BCUT2D eigenvalue weighted by molar-refractivity contribution is -0.0194. The molecule has 26 heavy (non-hydrogen) atoms. The number of para-hydroxylation sites is 1. The number of hydrogen-bond acceptors (Lipinski definition) is 5. The number of hydrogen-bond donors (Lipinski definition) is 2. The lowest BCUT2D eigenvalue weighted by Gasteiger charge is -2.47. The Morgan fingerprint density at radius 2 is 2.08 bits per heavy atom. The van der Waals surface area contributed by atoms with Crippen LogP contribution in [-0.4, -0.2) is 52.0 Å². The second kappa shape index (κ2) is 7.38. The standard InChI is InChI=1S/C18H24N2O5S/c1-11(2)10-25-14-7-5-4-6-12(14)18(21)19-15-13-8-9-24-17(13)16(15)20-26(3,22)23/h4-7,13,15-17,20H,1,8-10H2,2-3H3,(H,19,21)/t13-,15+,16-,17-/m0/s1. The fourth-order valence-corrected chi connectivity index (χ4v) is 4.28. The Morgan fingerprint density at radius 1 is 1.35 bits per heavy atom. The van der Waals surface area contributed by atoms with Crippen LogP contribution in [-0.2, 0) is 14.8 Å². The molecule has 142 valence electrons. The van der Waals surface area contributed by atoms with E-state index in [9.17, 15) is 13.2 Å². The number of fused-ring (bicyclic) bond motifs is 1. The van der Waals surface area contributed by atoms with E-state index in [0.717, 1.165) is 18.2 Å². The van der Waals surface area contributed by atoms with Gasteiger partial charge >= 0.3 is 0 Å². The van der Waals surface area contributed by atoms with Gasteiger partial charge in [0.05, 0.1) is 30.0 Å². The largest absolute Gasteiger partial charge is 0.488 e. The Bertz CT molecular complexity index is 808. The Kier molecular flexibility index (Phi) is 5.36. The summed E-state index contributed by atoms with van der Waals surface area (Å²) in [6.45, 7) is 6.53. The van der Waals surface area contributed by atoms with Gasteiger partial charge in [0.2, 0.25) is 10.0 Å². The molecule has 1 aromatic carbocycles. The van der Waals surface area contributed by atoms with Gasteiger partial charge in [-0.3, -0.25) is 4.79 Å². The lowest BCUT2D eigenvalue weighted by atomic mass is 9.72. The monoisotopic (exact) mass is 380 g/mol. The SMILES string of the molecule is C=C(C)COc1ccccc1C(=O)N[C@@H]1[C@@H]2CCO[C@@H]2[C@H]1NS(C)(=O)=O. The molecular formula is C18H24N2O5S. The van der Waals surface area contributed by atoms with E-state index >= 15 is 0 Å². The lowest BCUT2D eigenvalue weighted by Crippen LogP contribution is -2.70. The molecule has 1 aliphatic carbocycles.